The number of alkyl halides is 2. The number of hydrogen-bond donors (Lipinski definition) is 0. The van der Waals surface area contributed by atoms with Gasteiger partial charge in [0, 0.05) is 40.5 Å². The number of benzene rings is 3. The summed E-state index contributed by atoms with van der Waals surface area (Å²) in [5.74, 6) is 0.466. The van der Waals surface area contributed by atoms with Gasteiger partial charge in [0.05, 0.1) is 32.1 Å². The van der Waals surface area contributed by atoms with Gasteiger partial charge >= 0.3 is 0 Å². The van der Waals surface area contributed by atoms with Crippen molar-refractivity contribution in [2.75, 3.05) is 0 Å². The fraction of sp³-hybridized carbons (Fsp3) is 0.200. The molecule has 0 unspecified atom stereocenters. The summed E-state index contributed by atoms with van der Waals surface area (Å²) in [4.78, 5) is 10.7. The number of aryl methyl sites for hydroxylation is 2. The third-order valence-electron chi connectivity index (χ3n) is 7.35. The molecular formula is C30H20Br6N2. The van der Waals surface area contributed by atoms with E-state index in [1.807, 2.05) is 12.1 Å². The maximum Gasteiger partial charge on any atom is 0.0858 e. The zero-order valence-electron chi connectivity index (χ0n) is 20.2. The lowest BCUT2D eigenvalue weighted by molar-refractivity contribution is 0.609. The lowest BCUT2D eigenvalue weighted by atomic mass is 9.97. The van der Waals surface area contributed by atoms with Gasteiger partial charge in [-0.15, -0.1) is 0 Å². The molecule has 0 spiro atoms. The molecule has 2 aromatic heterocycles. The Kier molecular flexibility index (Phi) is 7.71. The Morgan fingerprint density at radius 2 is 0.868 bits per heavy atom. The molecule has 0 radical (unpaired) electrons. The Morgan fingerprint density at radius 3 is 1.24 bits per heavy atom. The first-order valence-corrected chi connectivity index (χ1v) is 17.0. The van der Waals surface area contributed by atoms with Crippen LogP contribution in [0.2, 0.25) is 0 Å². The van der Waals surface area contributed by atoms with Crippen LogP contribution in [0.4, 0.5) is 0 Å². The number of halogens is 6. The molecule has 0 saturated carbocycles. The summed E-state index contributed by atoms with van der Waals surface area (Å²) in [5, 5.41) is 2.24. The quantitative estimate of drug-likeness (QED) is 0.145. The highest BCUT2D eigenvalue weighted by molar-refractivity contribution is 9.11. The number of pyridine rings is 2. The first-order chi connectivity index (χ1) is 18.2. The van der Waals surface area contributed by atoms with Gasteiger partial charge in [-0.1, -0.05) is 99.1 Å². The normalized spacial score (nSPS) is 21.2. The maximum atomic E-state index is 5.16. The minimum absolute atomic E-state index is 0.164. The van der Waals surface area contributed by atoms with E-state index in [2.05, 4.69) is 158 Å². The van der Waals surface area contributed by atoms with Crippen molar-refractivity contribution in [2.24, 2.45) is 0 Å². The van der Waals surface area contributed by atoms with Crippen LogP contribution in [-0.2, 0) is 0 Å². The second kappa shape index (κ2) is 10.6. The first-order valence-electron chi connectivity index (χ1n) is 12.0. The van der Waals surface area contributed by atoms with E-state index in [1.165, 1.54) is 22.3 Å². The maximum absolute atomic E-state index is 5.16. The highest BCUT2D eigenvalue weighted by Gasteiger charge is 2.52. The van der Waals surface area contributed by atoms with Crippen molar-refractivity contribution in [1.82, 2.24) is 9.97 Å². The van der Waals surface area contributed by atoms with Gasteiger partial charge < -0.3 is 0 Å². The van der Waals surface area contributed by atoms with Gasteiger partial charge in [-0.2, -0.15) is 0 Å². The lowest BCUT2D eigenvalue weighted by Crippen LogP contribution is -2.04. The summed E-state index contributed by atoms with van der Waals surface area (Å²) < 4.78 is 4.13. The fourth-order valence-electron chi connectivity index (χ4n) is 5.43. The molecule has 192 valence electrons. The molecule has 2 heterocycles. The van der Waals surface area contributed by atoms with Crippen molar-refractivity contribution in [3.8, 4) is 0 Å². The average molecular weight is 888 g/mol. The number of rotatable bonds is 0. The Balaban J connectivity index is 0.000000285. The van der Waals surface area contributed by atoms with Crippen LogP contribution in [0.15, 0.2) is 78.6 Å². The molecule has 7 rings (SSSR count). The standard InChI is InChI=1S/C22H10Br6N2.C8H10/c23-11-1-3-13(25)19-7(11)5-9-17(27)15-16(21(9)29-19)18(28)10-6-8-12(24)2-4-14(26)20(8)30-22(10)15;1-7-3-5-8(2)6-4-7/h1-6,15-18H;3-6H,1-2H3/t15-,16-,17-,18-;/m1./s1. The topological polar surface area (TPSA) is 25.8 Å². The fourth-order valence-corrected chi connectivity index (χ4v) is 9.05. The Morgan fingerprint density at radius 1 is 0.526 bits per heavy atom. The largest absolute Gasteiger partial charge is 0.251 e. The van der Waals surface area contributed by atoms with Crippen LogP contribution < -0.4 is 0 Å². The zero-order chi connectivity index (χ0) is 26.9. The van der Waals surface area contributed by atoms with Gasteiger partial charge in [-0.25, -0.2) is 0 Å². The molecule has 0 aliphatic heterocycles. The summed E-state index contributed by atoms with van der Waals surface area (Å²) in [6.07, 6.45) is 0. The molecule has 0 fully saturated rings. The van der Waals surface area contributed by atoms with Gasteiger partial charge in [0.2, 0.25) is 0 Å². The minimum atomic E-state index is 0.164. The number of nitrogens with zero attached hydrogens (tertiary/aromatic N) is 2. The van der Waals surface area contributed by atoms with Crippen LogP contribution in [0.3, 0.4) is 0 Å². The molecular weight excluding hydrogens is 868 g/mol. The van der Waals surface area contributed by atoms with Gasteiger partial charge in [0.1, 0.15) is 0 Å². The number of fused-ring (bicyclic) bond motifs is 7. The molecule has 2 nitrogen and oxygen atoms in total. The van der Waals surface area contributed by atoms with E-state index in [0.717, 1.165) is 51.1 Å². The average Bonchev–Trinajstić information content (AvgIpc) is 3.36. The van der Waals surface area contributed by atoms with Crippen molar-refractivity contribution >= 4 is 117 Å². The van der Waals surface area contributed by atoms with Crippen LogP contribution in [0, 0.1) is 13.8 Å². The SMILES string of the molecule is Brc1ccc(Br)c2nc3c(cc12)[C@@H](Br)[C@@H]1c2nc4c(Br)ccc(Br)c4cc2[C@@H](Br)[C@H]31.Cc1ccc(C)cc1. The summed E-state index contributed by atoms with van der Waals surface area (Å²) in [7, 11) is 0. The van der Waals surface area contributed by atoms with Crippen LogP contribution >= 0.6 is 95.6 Å². The van der Waals surface area contributed by atoms with Crippen LogP contribution in [0.1, 0.15) is 55.1 Å². The van der Waals surface area contributed by atoms with Crippen LogP contribution in [0.25, 0.3) is 21.8 Å². The Labute approximate surface area is 272 Å². The minimum Gasteiger partial charge on any atom is -0.251 e. The smallest absolute Gasteiger partial charge is 0.0858 e. The molecule has 0 saturated heterocycles. The van der Waals surface area contributed by atoms with E-state index in [-0.39, 0.29) is 21.5 Å². The molecule has 0 N–H and O–H groups in total. The summed E-state index contributed by atoms with van der Waals surface area (Å²) >= 11 is 22.8. The Bertz CT molecular complexity index is 1610. The number of aromatic nitrogens is 2. The second-order valence-electron chi connectivity index (χ2n) is 9.79. The van der Waals surface area contributed by atoms with Gasteiger partial charge in [-0.3, -0.25) is 9.97 Å². The van der Waals surface area contributed by atoms with Gasteiger partial charge in [-0.05, 0) is 93.2 Å². The summed E-state index contributed by atoms with van der Waals surface area (Å²) in [6.45, 7) is 4.19. The second-order valence-corrected chi connectivity index (χ2v) is 15.2. The van der Waals surface area contributed by atoms with E-state index >= 15 is 0 Å². The van der Waals surface area contributed by atoms with Crippen molar-refractivity contribution in [1.29, 1.82) is 0 Å². The molecule has 2 aliphatic rings. The molecule has 0 bridgehead atoms. The lowest BCUT2D eigenvalue weighted by Gasteiger charge is -2.15. The number of hydrogen-bond acceptors (Lipinski definition) is 2. The predicted molar refractivity (Wildman–Crippen MR) is 179 cm³/mol. The van der Waals surface area contributed by atoms with Gasteiger partial charge in [0.25, 0.3) is 0 Å². The molecule has 8 heteroatoms. The molecule has 3 aromatic carbocycles. The summed E-state index contributed by atoms with van der Waals surface area (Å²) in [5.41, 5.74) is 9.44. The van der Waals surface area contributed by atoms with Crippen molar-refractivity contribution in [3.63, 3.8) is 0 Å². The first kappa shape index (κ1) is 27.5. The molecule has 4 atom stereocenters. The van der Waals surface area contributed by atoms with E-state index in [4.69, 9.17) is 9.97 Å². The molecule has 0 amide bonds. The van der Waals surface area contributed by atoms with Crippen molar-refractivity contribution in [3.05, 3.63) is 112 Å². The molecule has 2 aliphatic carbocycles. The third kappa shape index (κ3) is 4.59. The monoisotopic (exact) mass is 882 g/mol. The van der Waals surface area contributed by atoms with Gasteiger partial charge in [0.15, 0.2) is 0 Å². The Hall–Kier alpha value is -0.640. The van der Waals surface area contributed by atoms with E-state index in [0.29, 0.717) is 0 Å². The highest BCUT2D eigenvalue weighted by atomic mass is 79.9. The van der Waals surface area contributed by atoms with Crippen molar-refractivity contribution in [2.45, 2.75) is 35.3 Å². The summed E-state index contributed by atoms with van der Waals surface area (Å²) in [6, 6.07) is 21.2. The van der Waals surface area contributed by atoms with Crippen molar-refractivity contribution < 1.29 is 0 Å². The highest BCUT2D eigenvalue weighted by Crippen LogP contribution is 2.66. The van der Waals surface area contributed by atoms with E-state index in [1.54, 1.807) is 0 Å². The predicted octanol–water partition coefficient (Wildman–Crippen LogP) is 11.9. The molecule has 38 heavy (non-hydrogen) atoms. The molecule has 5 aromatic rings. The van der Waals surface area contributed by atoms with E-state index in [9.17, 15) is 0 Å². The van der Waals surface area contributed by atoms with Crippen LogP contribution in [0.5, 0.6) is 0 Å². The van der Waals surface area contributed by atoms with E-state index < -0.39 is 0 Å². The zero-order valence-corrected chi connectivity index (χ0v) is 29.8. The third-order valence-corrected chi connectivity index (χ3v) is 12.1. The van der Waals surface area contributed by atoms with Crippen LogP contribution in [-0.4, -0.2) is 9.97 Å².